The third-order valence-electron chi connectivity index (χ3n) is 6.51. The van der Waals surface area contributed by atoms with Crippen molar-refractivity contribution >= 4 is 11.8 Å². The number of aliphatic hydroxyl groups is 2. The molecular formula is C27H39FN4O6. The van der Waals surface area contributed by atoms with Gasteiger partial charge in [-0.05, 0) is 43.4 Å². The number of ether oxygens (including phenoxy) is 2. The normalized spacial score (nSPS) is 22.3. The lowest BCUT2D eigenvalue weighted by atomic mass is 10.1. The zero-order chi connectivity index (χ0) is 27.5. The highest BCUT2D eigenvalue weighted by Gasteiger charge is 2.32. The SMILES string of the molecule is CC(C)CCO[C@@H]1CN(C(=O)c2ccccc2F)CCN(C(=O)c2ccn[nH]2)CCCCOC[C@@H](O)[C@H]1O. The van der Waals surface area contributed by atoms with Gasteiger partial charge in [0.15, 0.2) is 0 Å². The molecule has 1 fully saturated rings. The highest BCUT2D eigenvalue weighted by molar-refractivity contribution is 5.95. The molecule has 3 N–H and O–H groups in total. The largest absolute Gasteiger partial charge is 0.388 e. The number of amides is 2. The van der Waals surface area contributed by atoms with E-state index in [0.717, 1.165) is 0 Å². The molecule has 1 aliphatic heterocycles. The van der Waals surface area contributed by atoms with Gasteiger partial charge in [0.1, 0.15) is 29.8 Å². The number of nitrogens with zero attached hydrogens (tertiary/aromatic N) is 3. The lowest BCUT2D eigenvalue weighted by Crippen LogP contribution is -2.51. The second-order valence-corrected chi connectivity index (χ2v) is 9.93. The topological polar surface area (TPSA) is 128 Å². The number of aromatic nitrogens is 2. The average molecular weight is 535 g/mol. The summed E-state index contributed by atoms with van der Waals surface area (Å²) in [5.74, 6) is -1.20. The summed E-state index contributed by atoms with van der Waals surface area (Å²) in [5, 5.41) is 28.1. The Bertz CT molecular complexity index is 1010. The highest BCUT2D eigenvalue weighted by atomic mass is 19.1. The molecule has 0 radical (unpaired) electrons. The number of carbonyl (C=O) groups is 2. The van der Waals surface area contributed by atoms with Crippen molar-refractivity contribution in [3.63, 3.8) is 0 Å². The van der Waals surface area contributed by atoms with Gasteiger partial charge < -0.3 is 29.5 Å². The Morgan fingerprint density at radius 1 is 1.13 bits per heavy atom. The summed E-state index contributed by atoms with van der Waals surface area (Å²) in [6, 6.07) is 7.25. The van der Waals surface area contributed by atoms with Crippen LogP contribution in [0.4, 0.5) is 4.39 Å². The summed E-state index contributed by atoms with van der Waals surface area (Å²) in [6.07, 6.45) is -0.0748. The van der Waals surface area contributed by atoms with Crippen molar-refractivity contribution in [2.75, 3.05) is 46.0 Å². The molecule has 1 saturated heterocycles. The number of hydrogen-bond acceptors (Lipinski definition) is 7. The minimum atomic E-state index is -1.34. The van der Waals surface area contributed by atoms with Crippen LogP contribution in [0.5, 0.6) is 0 Å². The first-order valence-electron chi connectivity index (χ1n) is 13.2. The second kappa shape index (κ2) is 14.9. The zero-order valence-electron chi connectivity index (χ0n) is 22.1. The van der Waals surface area contributed by atoms with Gasteiger partial charge in [0.05, 0.1) is 12.2 Å². The molecule has 2 aromatic rings. The van der Waals surface area contributed by atoms with E-state index in [9.17, 15) is 24.2 Å². The highest BCUT2D eigenvalue weighted by Crippen LogP contribution is 2.16. The summed E-state index contributed by atoms with van der Waals surface area (Å²) < 4.78 is 26.1. The van der Waals surface area contributed by atoms with E-state index in [1.807, 2.05) is 13.8 Å². The number of aliphatic hydroxyl groups excluding tert-OH is 2. The number of nitrogens with one attached hydrogen (secondary N) is 1. The van der Waals surface area contributed by atoms with Gasteiger partial charge in [-0.25, -0.2) is 4.39 Å². The molecule has 38 heavy (non-hydrogen) atoms. The van der Waals surface area contributed by atoms with Crippen molar-refractivity contribution in [3.05, 3.63) is 53.6 Å². The molecule has 2 heterocycles. The van der Waals surface area contributed by atoms with Gasteiger partial charge >= 0.3 is 0 Å². The standard InChI is InChI=1S/C27H39FN4O6/c1-19(2)10-16-38-24-17-32(26(35)20-7-3-4-8-21(20)28)14-13-31(27(36)22-9-11-29-30-22)12-5-6-15-37-18-23(33)25(24)34/h3-4,7-9,11,19,23-25,33-34H,5-6,10,12-18H2,1-2H3,(H,29,30)/t23-,24-,25-/m1/s1. The van der Waals surface area contributed by atoms with E-state index in [0.29, 0.717) is 50.6 Å². The molecule has 3 atom stereocenters. The van der Waals surface area contributed by atoms with Crippen LogP contribution in [0.15, 0.2) is 36.5 Å². The first-order valence-corrected chi connectivity index (χ1v) is 13.2. The van der Waals surface area contributed by atoms with E-state index in [4.69, 9.17) is 9.47 Å². The fourth-order valence-electron chi connectivity index (χ4n) is 4.17. The number of rotatable bonds is 6. The van der Waals surface area contributed by atoms with Crippen LogP contribution in [0.25, 0.3) is 0 Å². The van der Waals surface area contributed by atoms with Gasteiger partial charge in [-0.3, -0.25) is 14.7 Å². The maximum Gasteiger partial charge on any atom is 0.271 e. The van der Waals surface area contributed by atoms with E-state index >= 15 is 0 Å². The molecule has 11 heteroatoms. The maximum absolute atomic E-state index is 14.6. The molecule has 0 spiro atoms. The molecule has 0 aliphatic carbocycles. The summed E-state index contributed by atoms with van der Waals surface area (Å²) >= 11 is 0. The third kappa shape index (κ3) is 8.59. The van der Waals surface area contributed by atoms with E-state index in [2.05, 4.69) is 10.2 Å². The molecular weight excluding hydrogens is 495 g/mol. The van der Waals surface area contributed by atoms with Crippen molar-refractivity contribution in [1.29, 1.82) is 0 Å². The fraction of sp³-hybridized carbons (Fsp3) is 0.593. The van der Waals surface area contributed by atoms with Crippen LogP contribution >= 0.6 is 0 Å². The van der Waals surface area contributed by atoms with Crippen molar-refractivity contribution in [1.82, 2.24) is 20.0 Å². The first-order chi connectivity index (χ1) is 18.3. The van der Waals surface area contributed by atoms with Crippen LogP contribution in [0.2, 0.25) is 0 Å². The number of benzene rings is 1. The Morgan fingerprint density at radius 2 is 1.89 bits per heavy atom. The molecule has 0 bridgehead atoms. The number of hydrogen-bond donors (Lipinski definition) is 3. The van der Waals surface area contributed by atoms with E-state index in [1.165, 1.54) is 29.3 Å². The maximum atomic E-state index is 14.6. The molecule has 1 aliphatic rings. The van der Waals surface area contributed by atoms with E-state index in [-0.39, 0.29) is 37.7 Å². The average Bonchev–Trinajstić information content (AvgIpc) is 3.44. The van der Waals surface area contributed by atoms with Crippen LogP contribution in [-0.4, -0.2) is 106 Å². The van der Waals surface area contributed by atoms with Gasteiger partial charge in [0.25, 0.3) is 11.8 Å². The predicted molar refractivity (Wildman–Crippen MR) is 138 cm³/mol. The summed E-state index contributed by atoms with van der Waals surface area (Å²) in [4.78, 5) is 29.6. The molecule has 10 nitrogen and oxygen atoms in total. The molecule has 0 saturated carbocycles. The molecule has 210 valence electrons. The molecule has 3 rings (SSSR count). The minimum absolute atomic E-state index is 0.0659. The summed E-state index contributed by atoms with van der Waals surface area (Å²) in [6.45, 7) is 5.14. The Balaban J connectivity index is 1.89. The van der Waals surface area contributed by atoms with Gasteiger partial charge in [0.2, 0.25) is 0 Å². The number of halogens is 1. The number of H-pyrrole nitrogens is 1. The Labute approximate surface area is 222 Å². The predicted octanol–water partition coefficient (Wildman–Crippen LogP) is 2.10. The Morgan fingerprint density at radius 3 is 2.61 bits per heavy atom. The minimum Gasteiger partial charge on any atom is -0.388 e. The second-order valence-electron chi connectivity index (χ2n) is 9.93. The summed E-state index contributed by atoms with van der Waals surface area (Å²) in [7, 11) is 0. The van der Waals surface area contributed by atoms with Crippen LogP contribution in [0.3, 0.4) is 0 Å². The summed E-state index contributed by atoms with van der Waals surface area (Å²) in [5.41, 5.74) is 0.196. The van der Waals surface area contributed by atoms with E-state index < -0.39 is 30.0 Å². The third-order valence-corrected chi connectivity index (χ3v) is 6.51. The Hall–Kier alpha value is -2.86. The van der Waals surface area contributed by atoms with Crippen molar-refractivity contribution in [2.24, 2.45) is 5.92 Å². The Kier molecular flexibility index (Phi) is 11.7. The molecule has 2 amide bonds. The van der Waals surface area contributed by atoms with Gasteiger partial charge in [-0.1, -0.05) is 26.0 Å². The van der Waals surface area contributed by atoms with Crippen LogP contribution in [0, 0.1) is 11.7 Å². The van der Waals surface area contributed by atoms with Crippen molar-refractivity contribution in [2.45, 2.75) is 51.4 Å². The number of carbonyl (C=O) groups excluding carboxylic acids is 2. The van der Waals surface area contributed by atoms with Crippen LogP contribution < -0.4 is 0 Å². The van der Waals surface area contributed by atoms with Crippen molar-refractivity contribution < 1.29 is 33.7 Å². The van der Waals surface area contributed by atoms with Gasteiger partial charge in [-0.2, -0.15) is 5.10 Å². The molecule has 1 aromatic carbocycles. The van der Waals surface area contributed by atoms with Crippen LogP contribution in [-0.2, 0) is 9.47 Å². The van der Waals surface area contributed by atoms with Gasteiger partial charge in [0, 0.05) is 45.6 Å². The van der Waals surface area contributed by atoms with Crippen molar-refractivity contribution in [3.8, 4) is 0 Å². The quantitative estimate of drug-likeness (QED) is 0.518. The molecule has 1 aromatic heterocycles. The van der Waals surface area contributed by atoms with E-state index in [1.54, 1.807) is 17.0 Å². The van der Waals surface area contributed by atoms with Crippen LogP contribution in [0.1, 0.15) is 54.0 Å². The number of aromatic amines is 1. The lowest BCUT2D eigenvalue weighted by Gasteiger charge is -2.34. The molecule has 0 unspecified atom stereocenters. The fourth-order valence-corrected chi connectivity index (χ4v) is 4.17. The monoisotopic (exact) mass is 534 g/mol. The van der Waals surface area contributed by atoms with Gasteiger partial charge in [-0.15, -0.1) is 0 Å². The smallest absolute Gasteiger partial charge is 0.271 e. The first kappa shape index (κ1) is 29.7. The zero-order valence-corrected chi connectivity index (χ0v) is 22.1. The lowest BCUT2D eigenvalue weighted by molar-refractivity contribution is -0.116.